The molecule has 0 aliphatic carbocycles. The van der Waals surface area contributed by atoms with Crippen LogP contribution in [0.2, 0.25) is 0 Å². The monoisotopic (exact) mass is 319 g/mol. The van der Waals surface area contributed by atoms with Crippen LogP contribution in [0.3, 0.4) is 0 Å². The number of rotatable bonds is 5. The summed E-state index contributed by atoms with van der Waals surface area (Å²) in [5.74, 6) is 1.74. The minimum Gasteiger partial charge on any atom is -0.496 e. The average Bonchev–Trinajstić information content (AvgIpc) is 2.86. The summed E-state index contributed by atoms with van der Waals surface area (Å²) in [4.78, 5) is 0. The molecule has 1 saturated heterocycles. The maximum absolute atomic E-state index is 11.5. The fraction of sp³-hybridized carbons (Fsp3) is 0.412. The number of hydrogen-bond donors (Lipinski definition) is 1. The van der Waals surface area contributed by atoms with Crippen molar-refractivity contribution in [2.45, 2.75) is 13.0 Å². The van der Waals surface area contributed by atoms with Crippen LogP contribution in [-0.4, -0.2) is 33.6 Å². The Morgan fingerprint density at radius 2 is 2.05 bits per heavy atom. The number of fused-ring (bicyclic) bond motifs is 1. The van der Waals surface area contributed by atoms with Crippen molar-refractivity contribution in [2.75, 3.05) is 25.2 Å². The highest BCUT2D eigenvalue weighted by Crippen LogP contribution is 2.28. The molecule has 1 aliphatic rings. The van der Waals surface area contributed by atoms with Gasteiger partial charge >= 0.3 is 0 Å². The fourth-order valence-electron chi connectivity index (χ4n) is 3.12. The number of sulfone groups is 1. The second-order valence-electron chi connectivity index (χ2n) is 5.87. The molecule has 1 fully saturated rings. The molecule has 0 radical (unpaired) electrons. The summed E-state index contributed by atoms with van der Waals surface area (Å²) in [7, 11) is -1.12. The number of benzene rings is 2. The molecule has 5 heteroatoms. The van der Waals surface area contributed by atoms with E-state index in [-0.39, 0.29) is 5.92 Å². The number of nitrogens with one attached hydrogen (secondary N) is 1. The van der Waals surface area contributed by atoms with Gasteiger partial charge in [-0.3, -0.25) is 0 Å². The lowest BCUT2D eigenvalue weighted by Crippen LogP contribution is -2.23. The van der Waals surface area contributed by atoms with Crippen LogP contribution < -0.4 is 10.1 Å². The number of ether oxygens (including phenoxy) is 1. The Balaban J connectivity index is 1.73. The summed E-state index contributed by atoms with van der Waals surface area (Å²) in [6.07, 6.45) is 0.766. The van der Waals surface area contributed by atoms with Crippen LogP contribution in [0.4, 0.5) is 0 Å². The zero-order valence-corrected chi connectivity index (χ0v) is 13.5. The van der Waals surface area contributed by atoms with E-state index in [1.54, 1.807) is 7.11 Å². The molecule has 1 aliphatic heterocycles. The molecule has 0 spiro atoms. The summed E-state index contributed by atoms with van der Waals surface area (Å²) in [6, 6.07) is 12.3. The molecule has 2 aromatic carbocycles. The highest BCUT2D eigenvalue weighted by atomic mass is 32.2. The molecular weight excluding hydrogens is 298 g/mol. The molecule has 0 aromatic heterocycles. The lowest BCUT2D eigenvalue weighted by molar-refractivity contribution is 0.407. The van der Waals surface area contributed by atoms with Gasteiger partial charge in [0.15, 0.2) is 9.84 Å². The van der Waals surface area contributed by atoms with E-state index >= 15 is 0 Å². The molecule has 0 bridgehead atoms. The van der Waals surface area contributed by atoms with Gasteiger partial charge in [0.05, 0.1) is 18.6 Å². The van der Waals surface area contributed by atoms with Crippen LogP contribution >= 0.6 is 0 Å². The second-order valence-corrected chi connectivity index (χ2v) is 8.10. The molecule has 1 atom stereocenters. The van der Waals surface area contributed by atoms with Crippen molar-refractivity contribution in [1.82, 2.24) is 5.32 Å². The van der Waals surface area contributed by atoms with Gasteiger partial charge in [-0.15, -0.1) is 0 Å². The first-order valence-electron chi connectivity index (χ1n) is 7.55. The Morgan fingerprint density at radius 1 is 1.23 bits per heavy atom. The molecule has 1 N–H and O–H groups in total. The number of hydrogen-bond acceptors (Lipinski definition) is 4. The van der Waals surface area contributed by atoms with Gasteiger partial charge in [-0.2, -0.15) is 0 Å². The van der Waals surface area contributed by atoms with Crippen LogP contribution in [0.1, 0.15) is 12.0 Å². The normalized spacial score (nSPS) is 20.3. The van der Waals surface area contributed by atoms with Gasteiger partial charge in [-0.25, -0.2) is 8.42 Å². The minimum absolute atomic E-state index is 0.228. The Hall–Kier alpha value is -1.59. The summed E-state index contributed by atoms with van der Waals surface area (Å²) in [6.45, 7) is 1.41. The van der Waals surface area contributed by atoms with Gasteiger partial charge < -0.3 is 10.1 Å². The Bertz CT molecular complexity index is 771. The van der Waals surface area contributed by atoms with Crippen molar-refractivity contribution in [3.05, 3.63) is 42.0 Å². The highest BCUT2D eigenvalue weighted by molar-refractivity contribution is 7.91. The maximum Gasteiger partial charge on any atom is 0.150 e. The van der Waals surface area contributed by atoms with Crippen molar-refractivity contribution >= 4 is 20.6 Å². The lowest BCUT2D eigenvalue weighted by atomic mass is 10.0. The van der Waals surface area contributed by atoms with E-state index in [1.165, 1.54) is 10.8 Å². The Labute approximate surface area is 131 Å². The first-order chi connectivity index (χ1) is 10.6. The Morgan fingerprint density at radius 3 is 2.77 bits per heavy atom. The van der Waals surface area contributed by atoms with E-state index in [0.717, 1.165) is 24.3 Å². The summed E-state index contributed by atoms with van der Waals surface area (Å²) in [5, 5.41) is 5.76. The molecule has 4 nitrogen and oxygen atoms in total. The van der Waals surface area contributed by atoms with Gasteiger partial charge in [0.2, 0.25) is 0 Å². The highest BCUT2D eigenvalue weighted by Gasteiger charge is 2.27. The zero-order valence-electron chi connectivity index (χ0n) is 12.7. The van der Waals surface area contributed by atoms with E-state index in [9.17, 15) is 8.42 Å². The standard InChI is InChI=1S/C17H21NO3S/c1-21-17-7-6-14-4-2-3-5-15(14)16(17)11-18-10-13-8-9-22(19,20)12-13/h2-7,13,18H,8-12H2,1H3. The SMILES string of the molecule is COc1ccc2ccccc2c1CNCC1CCS(=O)(=O)C1. The van der Waals surface area contributed by atoms with Gasteiger partial charge in [0, 0.05) is 12.1 Å². The van der Waals surface area contributed by atoms with Gasteiger partial charge in [0.25, 0.3) is 0 Å². The predicted molar refractivity (Wildman–Crippen MR) is 89.0 cm³/mol. The topological polar surface area (TPSA) is 55.4 Å². The first kappa shape index (κ1) is 15.3. The third-order valence-corrected chi connectivity index (χ3v) is 6.12. The van der Waals surface area contributed by atoms with E-state index in [0.29, 0.717) is 18.1 Å². The van der Waals surface area contributed by atoms with Gasteiger partial charge in [0.1, 0.15) is 5.75 Å². The van der Waals surface area contributed by atoms with Crippen LogP contribution in [0, 0.1) is 5.92 Å². The molecule has 0 saturated carbocycles. The van der Waals surface area contributed by atoms with E-state index in [1.807, 2.05) is 18.2 Å². The lowest BCUT2D eigenvalue weighted by Gasteiger charge is -2.14. The quantitative estimate of drug-likeness (QED) is 0.919. The molecule has 3 rings (SSSR count). The van der Waals surface area contributed by atoms with Crippen molar-refractivity contribution in [1.29, 1.82) is 0 Å². The van der Waals surface area contributed by atoms with Gasteiger partial charge in [-0.1, -0.05) is 30.3 Å². The van der Waals surface area contributed by atoms with Crippen LogP contribution in [-0.2, 0) is 16.4 Å². The minimum atomic E-state index is -2.80. The maximum atomic E-state index is 11.5. The van der Waals surface area contributed by atoms with Crippen molar-refractivity contribution in [3.8, 4) is 5.75 Å². The van der Waals surface area contributed by atoms with E-state index < -0.39 is 9.84 Å². The predicted octanol–water partition coefficient (Wildman–Crippen LogP) is 2.37. The largest absolute Gasteiger partial charge is 0.496 e. The van der Waals surface area contributed by atoms with Crippen molar-refractivity contribution in [3.63, 3.8) is 0 Å². The molecule has 22 heavy (non-hydrogen) atoms. The third-order valence-electron chi connectivity index (χ3n) is 4.28. The molecule has 1 unspecified atom stereocenters. The van der Waals surface area contributed by atoms with Crippen LogP contribution in [0.15, 0.2) is 36.4 Å². The molecule has 0 amide bonds. The smallest absolute Gasteiger partial charge is 0.150 e. The van der Waals surface area contributed by atoms with Crippen LogP contribution in [0.5, 0.6) is 5.75 Å². The summed E-state index contributed by atoms with van der Waals surface area (Å²) >= 11 is 0. The molecule has 118 valence electrons. The summed E-state index contributed by atoms with van der Waals surface area (Å²) < 4.78 is 28.5. The van der Waals surface area contributed by atoms with E-state index in [2.05, 4.69) is 23.5 Å². The first-order valence-corrected chi connectivity index (χ1v) is 9.37. The van der Waals surface area contributed by atoms with E-state index in [4.69, 9.17) is 4.74 Å². The third kappa shape index (κ3) is 3.25. The molecular formula is C17H21NO3S. The zero-order chi connectivity index (χ0) is 15.6. The number of methoxy groups -OCH3 is 1. The molecule has 2 aromatic rings. The fourth-order valence-corrected chi connectivity index (χ4v) is 4.99. The Kier molecular flexibility index (Phi) is 4.36. The van der Waals surface area contributed by atoms with Crippen molar-refractivity contribution < 1.29 is 13.2 Å². The summed E-state index contributed by atoms with van der Waals surface area (Å²) in [5.41, 5.74) is 1.13. The second kappa shape index (κ2) is 6.26. The molecule has 1 heterocycles. The van der Waals surface area contributed by atoms with Gasteiger partial charge in [-0.05, 0) is 35.7 Å². The average molecular weight is 319 g/mol. The van der Waals surface area contributed by atoms with Crippen LogP contribution in [0.25, 0.3) is 10.8 Å². The van der Waals surface area contributed by atoms with Crippen molar-refractivity contribution in [2.24, 2.45) is 5.92 Å².